The first kappa shape index (κ1) is 31.6. The average Bonchev–Trinajstić information content (AvgIpc) is 3.80. The minimum atomic E-state index is 0.664. The van der Waals surface area contributed by atoms with Gasteiger partial charge in [0, 0.05) is 50.7 Å². The maximum absolute atomic E-state index is 6.62. The van der Waals surface area contributed by atoms with Crippen LogP contribution in [0.15, 0.2) is 199 Å². The van der Waals surface area contributed by atoms with Gasteiger partial charge in [0.15, 0.2) is 23.0 Å². The minimum absolute atomic E-state index is 0.664. The second kappa shape index (κ2) is 12.4. The van der Waals surface area contributed by atoms with Gasteiger partial charge in [-0.2, -0.15) is 0 Å². The molecule has 0 unspecified atom stereocenters. The molecule has 5 nitrogen and oxygen atoms in total. The Labute approximate surface area is 327 Å². The fourth-order valence-electron chi connectivity index (χ4n) is 8.51. The lowest BCUT2D eigenvalue weighted by atomic mass is 10.0. The maximum atomic E-state index is 6.62. The van der Waals surface area contributed by atoms with Crippen molar-refractivity contribution < 1.29 is 13.9 Å². The number of hydrogen-bond donors (Lipinski definition) is 0. The highest BCUT2D eigenvalue weighted by Crippen LogP contribution is 2.48. The number of ether oxygens (including phenoxy) is 2. The molecule has 0 N–H and O–H groups in total. The van der Waals surface area contributed by atoms with Gasteiger partial charge in [-0.1, -0.05) is 97.1 Å². The highest BCUT2D eigenvalue weighted by Gasteiger charge is 2.23. The lowest BCUT2D eigenvalue weighted by Crippen LogP contribution is -2.10. The Morgan fingerprint density at radius 3 is 1.88 bits per heavy atom. The molecule has 0 radical (unpaired) electrons. The van der Waals surface area contributed by atoms with E-state index >= 15 is 0 Å². The number of rotatable bonds is 5. The zero-order chi connectivity index (χ0) is 37.5. The summed E-state index contributed by atoms with van der Waals surface area (Å²) in [5.41, 5.74) is 10.4. The summed E-state index contributed by atoms with van der Waals surface area (Å²) < 4.78 is 21.6. The summed E-state index contributed by atoms with van der Waals surface area (Å²) in [5.74, 6) is 2.75. The van der Waals surface area contributed by atoms with Crippen LogP contribution in [-0.2, 0) is 0 Å². The molecule has 0 bridgehead atoms. The molecule has 0 atom stereocenters. The first-order chi connectivity index (χ1) is 28.2. The Kier molecular flexibility index (Phi) is 6.86. The molecule has 0 spiro atoms. The Bertz CT molecular complexity index is 3380. The van der Waals surface area contributed by atoms with E-state index in [1.54, 1.807) is 0 Å². The van der Waals surface area contributed by atoms with Gasteiger partial charge in [0.25, 0.3) is 0 Å². The molecule has 1 aliphatic rings. The summed E-state index contributed by atoms with van der Waals surface area (Å²) in [5, 5.41) is 6.96. The molecule has 5 heteroatoms. The van der Waals surface area contributed by atoms with Crippen LogP contribution in [0.3, 0.4) is 0 Å². The van der Waals surface area contributed by atoms with E-state index in [4.69, 9.17) is 13.9 Å². The van der Waals surface area contributed by atoms with Crippen molar-refractivity contribution in [3.8, 4) is 39.8 Å². The molecule has 0 amide bonds. The number of aromatic nitrogens is 1. The van der Waals surface area contributed by atoms with Crippen LogP contribution in [0, 0.1) is 0 Å². The Hall–Kier alpha value is -7.76. The molecule has 11 aromatic rings. The molecule has 268 valence electrons. The third kappa shape index (κ3) is 5.10. The standard InChI is InChI=1S/C52H32N2O3/c1-2-12-37(13-3-1)54-45-15-7-6-14-41(45)42-24-19-36(30-46(42)54)35-20-26-47-44(29-35)43-25-22-39(31-51(43)55-47)53(38-21-18-33-10-4-5-11-34(33)28-38)40-23-27-50-52(32-40)57-49-17-9-8-16-48(49)56-50/h1-32H. The van der Waals surface area contributed by atoms with Crippen molar-refractivity contribution in [1.29, 1.82) is 0 Å². The molecule has 12 rings (SSSR count). The topological polar surface area (TPSA) is 39.8 Å². The monoisotopic (exact) mass is 732 g/mol. The van der Waals surface area contributed by atoms with Gasteiger partial charge in [-0.25, -0.2) is 0 Å². The molecule has 9 aromatic carbocycles. The number of furan rings is 1. The van der Waals surface area contributed by atoms with Crippen LogP contribution in [-0.4, -0.2) is 4.57 Å². The van der Waals surface area contributed by atoms with E-state index in [9.17, 15) is 0 Å². The molecule has 0 aliphatic carbocycles. The van der Waals surface area contributed by atoms with Crippen molar-refractivity contribution in [3.63, 3.8) is 0 Å². The largest absolute Gasteiger partial charge is 0.456 e. The molecule has 1 aliphatic heterocycles. The normalized spacial score (nSPS) is 12.1. The van der Waals surface area contributed by atoms with Crippen LogP contribution in [0.2, 0.25) is 0 Å². The van der Waals surface area contributed by atoms with E-state index in [0.717, 1.165) is 61.2 Å². The van der Waals surface area contributed by atoms with Crippen LogP contribution in [0.5, 0.6) is 23.0 Å². The third-order valence-corrected chi connectivity index (χ3v) is 11.2. The van der Waals surface area contributed by atoms with Crippen LogP contribution in [0.25, 0.3) is 71.3 Å². The van der Waals surface area contributed by atoms with Gasteiger partial charge in [-0.05, 0) is 107 Å². The lowest BCUT2D eigenvalue weighted by molar-refractivity contribution is 0.360. The average molecular weight is 733 g/mol. The fourth-order valence-corrected chi connectivity index (χ4v) is 8.51. The first-order valence-electron chi connectivity index (χ1n) is 19.1. The predicted octanol–water partition coefficient (Wildman–Crippen LogP) is 14.9. The highest BCUT2D eigenvalue weighted by molar-refractivity contribution is 6.11. The summed E-state index contributed by atoms with van der Waals surface area (Å²) in [7, 11) is 0. The van der Waals surface area contributed by atoms with Gasteiger partial charge in [0.2, 0.25) is 0 Å². The van der Waals surface area contributed by atoms with Gasteiger partial charge in [0.1, 0.15) is 11.2 Å². The molecule has 0 saturated carbocycles. The van der Waals surface area contributed by atoms with E-state index < -0.39 is 0 Å². The maximum Gasteiger partial charge on any atom is 0.172 e. The summed E-state index contributed by atoms with van der Waals surface area (Å²) in [6.07, 6.45) is 0. The zero-order valence-corrected chi connectivity index (χ0v) is 30.6. The Balaban J connectivity index is 0.975. The second-order valence-electron chi connectivity index (χ2n) is 14.6. The van der Waals surface area contributed by atoms with Gasteiger partial charge in [-0.15, -0.1) is 0 Å². The number of fused-ring (bicyclic) bond motifs is 9. The van der Waals surface area contributed by atoms with Crippen molar-refractivity contribution in [2.45, 2.75) is 0 Å². The number of hydrogen-bond acceptors (Lipinski definition) is 4. The van der Waals surface area contributed by atoms with Crippen LogP contribution < -0.4 is 14.4 Å². The van der Waals surface area contributed by atoms with E-state index in [-0.39, 0.29) is 0 Å². The molecule has 3 heterocycles. The van der Waals surface area contributed by atoms with Crippen molar-refractivity contribution in [2.24, 2.45) is 0 Å². The number of anilines is 3. The fraction of sp³-hybridized carbons (Fsp3) is 0. The summed E-state index contributed by atoms with van der Waals surface area (Å²) in [4.78, 5) is 2.25. The number of para-hydroxylation sites is 4. The van der Waals surface area contributed by atoms with Crippen LogP contribution in [0.4, 0.5) is 17.1 Å². The van der Waals surface area contributed by atoms with Gasteiger partial charge in [-0.3, -0.25) is 0 Å². The minimum Gasteiger partial charge on any atom is -0.456 e. The summed E-state index contributed by atoms with van der Waals surface area (Å²) in [6, 6.07) is 67.9. The van der Waals surface area contributed by atoms with Crippen LogP contribution in [0.1, 0.15) is 0 Å². The van der Waals surface area contributed by atoms with Crippen molar-refractivity contribution >= 4 is 71.6 Å². The van der Waals surface area contributed by atoms with Crippen LogP contribution >= 0.6 is 0 Å². The predicted molar refractivity (Wildman–Crippen MR) is 232 cm³/mol. The molecular weight excluding hydrogens is 701 g/mol. The van der Waals surface area contributed by atoms with Gasteiger partial charge >= 0.3 is 0 Å². The molecule has 0 saturated heterocycles. The third-order valence-electron chi connectivity index (χ3n) is 11.2. The Morgan fingerprint density at radius 1 is 0.351 bits per heavy atom. The smallest absolute Gasteiger partial charge is 0.172 e. The quantitative estimate of drug-likeness (QED) is 0.177. The zero-order valence-electron chi connectivity index (χ0n) is 30.6. The number of benzene rings is 9. The Morgan fingerprint density at radius 2 is 0.982 bits per heavy atom. The second-order valence-corrected chi connectivity index (χ2v) is 14.6. The summed E-state index contributed by atoms with van der Waals surface area (Å²) in [6.45, 7) is 0. The summed E-state index contributed by atoms with van der Waals surface area (Å²) >= 11 is 0. The number of nitrogens with zero attached hydrogens (tertiary/aromatic N) is 2. The molecule has 2 aromatic heterocycles. The lowest BCUT2D eigenvalue weighted by Gasteiger charge is -2.28. The van der Waals surface area contributed by atoms with Gasteiger partial charge in [0.05, 0.1) is 16.7 Å². The van der Waals surface area contributed by atoms with Crippen molar-refractivity contribution in [1.82, 2.24) is 4.57 Å². The molecule has 0 fully saturated rings. The first-order valence-corrected chi connectivity index (χ1v) is 19.1. The van der Waals surface area contributed by atoms with E-state index in [1.807, 2.05) is 36.4 Å². The van der Waals surface area contributed by atoms with E-state index in [1.165, 1.54) is 27.2 Å². The van der Waals surface area contributed by atoms with Gasteiger partial charge < -0.3 is 23.4 Å². The van der Waals surface area contributed by atoms with Crippen molar-refractivity contribution in [2.75, 3.05) is 4.90 Å². The SMILES string of the molecule is c1ccc(-n2c3ccccc3c3ccc(-c4ccc5oc6cc(N(c7ccc8c(c7)Oc7ccccc7O8)c7ccc8ccccc8c7)ccc6c5c4)cc32)cc1. The van der Waals surface area contributed by atoms with Crippen molar-refractivity contribution in [3.05, 3.63) is 194 Å². The van der Waals surface area contributed by atoms with E-state index in [0.29, 0.717) is 23.0 Å². The molecular formula is C52H32N2O3. The van der Waals surface area contributed by atoms with E-state index in [2.05, 4.69) is 167 Å². The highest BCUT2D eigenvalue weighted by atomic mass is 16.6. The molecule has 57 heavy (non-hydrogen) atoms.